The largest absolute Gasteiger partial charge is 0.298 e. The van der Waals surface area contributed by atoms with Gasteiger partial charge in [-0.3, -0.25) is 4.79 Å². The lowest BCUT2D eigenvalue weighted by atomic mass is 10.0. The van der Waals surface area contributed by atoms with E-state index in [0.29, 0.717) is 16.9 Å². The minimum absolute atomic E-state index is 0.114. The van der Waals surface area contributed by atoms with Crippen LogP contribution < -0.4 is 4.72 Å². The number of rotatable bonds is 6. The van der Waals surface area contributed by atoms with E-state index in [2.05, 4.69) is 11.3 Å². The lowest BCUT2D eigenvalue weighted by Gasteiger charge is -2.19. The molecular formula is C17H16ClNO3S. The zero-order valence-electron chi connectivity index (χ0n) is 12.5. The Bertz CT molecular complexity index is 812. The molecule has 0 aliphatic carbocycles. The number of sulfonamides is 1. The lowest BCUT2D eigenvalue weighted by molar-refractivity contribution is -0.105. The van der Waals surface area contributed by atoms with Gasteiger partial charge in [-0.1, -0.05) is 48.0 Å². The molecule has 0 aliphatic heterocycles. The Labute approximate surface area is 140 Å². The molecule has 0 fully saturated rings. The Hall–Kier alpha value is -1.95. The summed E-state index contributed by atoms with van der Waals surface area (Å²) in [6.07, 6.45) is 0.539. The molecule has 1 N–H and O–H groups in total. The number of halogens is 1. The van der Waals surface area contributed by atoms with Crippen LogP contribution in [0.25, 0.3) is 0 Å². The number of hydrogen-bond donors (Lipinski definition) is 1. The van der Waals surface area contributed by atoms with Crippen molar-refractivity contribution in [1.82, 2.24) is 4.72 Å². The fourth-order valence-corrected chi connectivity index (χ4v) is 3.38. The summed E-state index contributed by atoms with van der Waals surface area (Å²) in [5.41, 5.74) is 1.65. The highest BCUT2D eigenvalue weighted by Crippen LogP contribution is 2.24. The highest BCUT2D eigenvalue weighted by atomic mass is 35.5. The molecule has 0 saturated carbocycles. The maximum atomic E-state index is 12.5. The minimum atomic E-state index is -3.79. The third kappa shape index (κ3) is 4.28. The van der Waals surface area contributed by atoms with Crippen molar-refractivity contribution in [3.8, 4) is 0 Å². The number of carbonyl (C=O) groups excluding carboxylic acids is 1. The van der Waals surface area contributed by atoms with Crippen molar-refractivity contribution in [2.24, 2.45) is 0 Å². The highest BCUT2D eigenvalue weighted by molar-refractivity contribution is 7.89. The third-order valence-electron chi connectivity index (χ3n) is 3.33. The number of carbonyl (C=O) groups is 1. The van der Waals surface area contributed by atoms with E-state index in [1.165, 1.54) is 12.1 Å². The topological polar surface area (TPSA) is 63.2 Å². The van der Waals surface area contributed by atoms with Gasteiger partial charge in [0.25, 0.3) is 0 Å². The molecule has 0 radical (unpaired) electrons. The van der Waals surface area contributed by atoms with Crippen molar-refractivity contribution in [2.75, 3.05) is 0 Å². The maximum Gasteiger partial charge on any atom is 0.241 e. The number of nitrogens with one attached hydrogen (secondary N) is 1. The van der Waals surface area contributed by atoms with Crippen molar-refractivity contribution in [2.45, 2.75) is 17.9 Å². The molecule has 1 atom stereocenters. The van der Waals surface area contributed by atoms with Gasteiger partial charge in [0.2, 0.25) is 10.0 Å². The first-order chi connectivity index (χ1) is 10.8. The van der Waals surface area contributed by atoms with Gasteiger partial charge in [-0.2, -0.15) is 4.72 Å². The average molecular weight is 350 g/mol. The summed E-state index contributed by atoms with van der Waals surface area (Å²) < 4.78 is 27.6. The summed E-state index contributed by atoms with van der Waals surface area (Å²) in [7, 11) is -3.79. The van der Waals surface area contributed by atoms with Crippen LogP contribution >= 0.6 is 11.6 Å². The second kappa shape index (κ2) is 7.08. The van der Waals surface area contributed by atoms with E-state index in [9.17, 15) is 13.2 Å². The molecule has 23 heavy (non-hydrogen) atoms. The number of benzene rings is 2. The van der Waals surface area contributed by atoms with E-state index < -0.39 is 16.1 Å². The molecule has 6 heteroatoms. The Morgan fingerprint density at radius 1 is 1.13 bits per heavy atom. The molecule has 120 valence electrons. The summed E-state index contributed by atoms with van der Waals surface area (Å²) in [5, 5.41) is 0.519. The zero-order valence-corrected chi connectivity index (χ0v) is 14.1. The standard InChI is InChI=1S/C17H16ClNO3S/c1-12-3-9-16(10-4-12)23(21,22)19-17(13(2)11-20)14-5-7-15(18)8-6-14/h3-11,17,19H,2H2,1H3/t17-/m1/s1. The molecule has 0 saturated heterocycles. The predicted molar refractivity (Wildman–Crippen MR) is 90.9 cm³/mol. The second-order valence-corrected chi connectivity index (χ2v) is 7.26. The molecule has 0 spiro atoms. The SMILES string of the molecule is C=C(C=O)[C@@H](NS(=O)(=O)c1ccc(C)cc1)c1ccc(Cl)cc1. The normalized spacial score (nSPS) is 12.6. The van der Waals surface area contributed by atoms with Gasteiger partial charge in [-0.15, -0.1) is 0 Å². The predicted octanol–water partition coefficient (Wildman–Crippen LogP) is 3.42. The van der Waals surface area contributed by atoms with Gasteiger partial charge in [0.1, 0.15) is 6.29 Å². The molecule has 2 rings (SSSR count). The highest BCUT2D eigenvalue weighted by Gasteiger charge is 2.23. The van der Waals surface area contributed by atoms with E-state index in [0.717, 1.165) is 5.56 Å². The van der Waals surface area contributed by atoms with Crippen molar-refractivity contribution >= 4 is 27.9 Å². The van der Waals surface area contributed by atoms with Crippen LogP contribution in [0.1, 0.15) is 17.2 Å². The summed E-state index contributed by atoms with van der Waals surface area (Å²) in [5.74, 6) is 0. The summed E-state index contributed by atoms with van der Waals surface area (Å²) in [4.78, 5) is 11.2. The van der Waals surface area contributed by atoms with Gasteiger partial charge < -0.3 is 0 Å². The van der Waals surface area contributed by atoms with Gasteiger partial charge in [0, 0.05) is 10.6 Å². The van der Waals surface area contributed by atoms with Crippen molar-refractivity contribution in [3.05, 3.63) is 76.8 Å². The van der Waals surface area contributed by atoms with Crippen LogP contribution in [-0.4, -0.2) is 14.7 Å². The Balaban J connectivity index is 2.37. The molecule has 0 amide bonds. The quantitative estimate of drug-likeness (QED) is 0.642. The van der Waals surface area contributed by atoms with Crippen LogP contribution in [0.2, 0.25) is 5.02 Å². The van der Waals surface area contributed by atoms with Crippen molar-refractivity contribution < 1.29 is 13.2 Å². The number of aryl methyl sites for hydroxylation is 1. The lowest BCUT2D eigenvalue weighted by Crippen LogP contribution is -2.30. The molecule has 4 nitrogen and oxygen atoms in total. The van der Waals surface area contributed by atoms with Crippen LogP contribution in [-0.2, 0) is 14.8 Å². The molecule has 0 unspecified atom stereocenters. The second-order valence-electron chi connectivity index (χ2n) is 5.11. The smallest absolute Gasteiger partial charge is 0.241 e. The minimum Gasteiger partial charge on any atom is -0.298 e. The Morgan fingerprint density at radius 3 is 2.22 bits per heavy atom. The average Bonchev–Trinajstić information content (AvgIpc) is 2.53. The number of aldehydes is 1. The van der Waals surface area contributed by atoms with E-state index in [-0.39, 0.29) is 10.5 Å². The van der Waals surface area contributed by atoms with Crippen LogP contribution in [0.3, 0.4) is 0 Å². The molecule has 2 aromatic rings. The first-order valence-electron chi connectivity index (χ1n) is 6.82. The maximum absolute atomic E-state index is 12.5. The van der Waals surface area contributed by atoms with Gasteiger partial charge in [0.15, 0.2) is 0 Å². The Kier molecular flexibility index (Phi) is 5.36. The van der Waals surface area contributed by atoms with Gasteiger partial charge in [0.05, 0.1) is 10.9 Å². The van der Waals surface area contributed by atoms with Crippen molar-refractivity contribution in [1.29, 1.82) is 0 Å². The number of hydrogen-bond acceptors (Lipinski definition) is 3. The van der Waals surface area contributed by atoms with Gasteiger partial charge in [-0.05, 0) is 36.8 Å². The van der Waals surface area contributed by atoms with Crippen LogP contribution in [0.15, 0.2) is 65.6 Å². The molecule has 0 aromatic heterocycles. The molecule has 0 heterocycles. The van der Waals surface area contributed by atoms with E-state index >= 15 is 0 Å². The van der Waals surface area contributed by atoms with Crippen LogP contribution in [0, 0.1) is 6.92 Å². The summed E-state index contributed by atoms with van der Waals surface area (Å²) in [6.45, 7) is 5.51. The fourth-order valence-electron chi connectivity index (χ4n) is 2.02. The van der Waals surface area contributed by atoms with Gasteiger partial charge >= 0.3 is 0 Å². The third-order valence-corrected chi connectivity index (χ3v) is 5.02. The van der Waals surface area contributed by atoms with Crippen molar-refractivity contribution in [3.63, 3.8) is 0 Å². The molecule has 0 aliphatic rings. The first kappa shape index (κ1) is 17.4. The van der Waals surface area contributed by atoms with Crippen LogP contribution in [0.4, 0.5) is 0 Å². The Morgan fingerprint density at radius 2 is 1.70 bits per heavy atom. The summed E-state index contributed by atoms with van der Waals surface area (Å²) >= 11 is 5.84. The first-order valence-corrected chi connectivity index (χ1v) is 8.68. The van der Waals surface area contributed by atoms with E-state index in [4.69, 9.17) is 11.6 Å². The summed E-state index contributed by atoms with van der Waals surface area (Å²) in [6, 6.07) is 12.2. The van der Waals surface area contributed by atoms with Gasteiger partial charge in [-0.25, -0.2) is 8.42 Å². The molecule has 0 bridgehead atoms. The van der Waals surface area contributed by atoms with E-state index in [1.807, 2.05) is 6.92 Å². The van der Waals surface area contributed by atoms with Crippen LogP contribution in [0.5, 0.6) is 0 Å². The monoisotopic (exact) mass is 349 g/mol. The fraction of sp³-hybridized carbons (Fsp3) is 0.118. The molecular weight excluding hydrogens is 334 g/mol. The zero-order chi connectivity index (χ0) is 17.0. The van der Waals surface area contributed by atoms with E-state index in [1.54, 1.807) is 36.4 Å². The molecule has 2 aromatic carbocycles.